The van der Waals surface area contributed by atoms with Gasteiger partial charge in [0.25, 0.3) is 0 Å². The third-order valence-electron chi connectivity index (χ3n) is 4.18. The van der Waals surface area contributed by atoms with Gasteiger partial charge in [0.1, 0.15) is 11.3 Å². The van der Waals surface area contributed by atoms with Crippen LogP contribution >= 0.6 is 11.6 Å². The molecule has 3 aromatic rings. The van der Waals surface area contributed by atoms with Gasteiger partial charge in [0, 0.05) is 29.7 Å². The number of benzene rings is 1. The van der Waals surface area contributed by atoms with Gasteiger partial charge >= 0.3 is 6.18 Å². The molecule has 3 rings (SSSR count). The predicted molar refractivity (Wildman–Crippen MR) is 112 cm³/mol. The number of alkyl halides is 3. The lowest BCUT2D eigenvalue weighted by Gasteiger charge is -2.17. The highest BCUT2D eigenvalue weighted by atomic mass is 35.5. The van der Waals surface area contributed by atoms with Gasteiger partial charge in [0.2, 0.25) is 5.95 Å². The lowest BCUT2D eigenvalue weighted by molar-refractivity contribution is -0.137. The molecule has 162 valence electrons. The lowest BCUT2D eigenvalue weighted by atomic mass is 9.92. The van der Waals surface area contributed by atoms with E-state index in [-0.39, 0.29) is 22.2 Å². The number of halogens is 4. The minimum atomic E-state index is -4.51. The Balaban J connectivity index is 2.06. The zero-order valence-corrected chi connectivity index (χ0v) is 17.9. The third kappa shape index (κ3) is 5.40. The summed E-state index contributed by atoms with van der Waals surface area (Å²) >= 11 is 5.90. The average Bonchev–Trinajstić information content (AvgIpc) is 2.88. The topological polar surface area (TPSA) is 81.6 Å². The summed E-state index contributed by atoms with van der Waals surface area (Å²) in [6.45, 7) is 8.46. The number of imidazole rings is 1. The number of hydrogen-bond acceptors (Lipinski definition) is 5. The Hall–Kier alpha value is -2.39. The molecule has 0 radical (unpaired) electrons. The molecule has 0 spiro atoms. The van der Waals surface area contributed by atoms with E-state index in [4.69, 9.17) is 17.3 Å². The largest absolute Gasteiger partial charge is 0.416 e. The number of nitrogens with zero attached hydrogens (tertiary/aromatic N) is 4. The van der Waals surface area contributed by atoms with Crippen LogP contribution in [0.2, 0.25) is 5.02 Å². The van der Waals surface area contributed by atoms with Gasteiger partial charge < -0.3 is 11.1 Å². The highest BCUT2D eigenvalue weighted by molar-refractivity contribution is 6.31. The molecule has 0 bridgehead atoms. The van der Waals surface area contributed by atoms with E-state index in [0.717, 1.165) is 12.1 Å². The molecule has 1 unspecified atom stereocenters. The van der Waals surface area contributed by atoms with Crippen LogP contribution in [0.3, 0.4) is 0 Å². The van der Waals surface area contributed by atoms with E-state index in [1.807, 2.05) is 6.92 Å². The molecule has 1 aromatic carbocycles. The van der Waals surface area contributed by atoms with Crippen LogP contribution in [0.4, 0.5) is 24.8 Å². The van der Waals surface area contributed by atoms with E-state index in [1.165, 1.54) is 6.07 Å². The van der Waals surface area contributed by atoms with Gasteiger partial charge in [-0.05, 0) is 30.5 Å². The maximum Gasteiger partial charge on any atom is 0.416 e. The molecule has 0 saturated carbocycles. The van der Waals surface area contributed by atoms with Crippen molar-refractivity contribution in [1.82, 2.24) is 19.5 Å². The zero-order chi connectivity index (χ0) is 22.3. The van der Waals surface area contributed by atoms with Crippen LogP contribution in [0.5, 0.6) is 0 Å². The van der Waals surface area contributed by atoms with Gasteiger partial charge in [-0.2, -0.15) is 13.2 Å². The summed E-state index contributed by atoms with van der Waals surface area (Å²) in [4.78, 5) is 13.5. The van der Waals surface area contributed by atoms with Crippen LogP contribution in [-0.2, 0) is 19.1 Å². The van der Waals surface area contributed by atoms with Gasteiger partial charge in [-0.15, -0.1) is 0 Å². The quantitative estimate of drug-likeness (QED) is 0.571. The van der Waals surface area contributed by atoms with E-state index in [1.54, 1.807) is 10.8 Å². The predicted octanol–water partition coefficient (Wildman–Crippen LogP) is 5.18. The van der Waals surface area contributed by atoms with Gasteiger partial charge in [-0.1, -0.05) is 32.4 Å². The van der Waals surface area contributed by atoms with Gasteiger partial charge in [-0.25, -0.2) is 15.0 Å². The Morgan fingerprint density at radius 2 is 1.87 bits per heavy atom. The van der Waals surface area contributed by atoms with Crippen molar-refractivity contribution in [2.24, 2.45) is 11.1 Å². The minimum absolute atomic E-state index is 0.00441. The van der Waals surface area contributed by atoms with Crippen molar-refractivity contribution in [2.75, 3.05) is 5.32 Å². The highest BCUT2D eigenvalue weighted by Gasteiger charge is 2.31. The molecule has 2 heterocycles. The number of fused-ring (bicyclic) bond motifs is 1. The molecular formula is C20H24ClF3N6. The molecule has 0 aliphatic rings. The average molecular weight is 441 g/mol. The van der Waals surface area contributed by atoms with E-state index in [9.17, 15) is 13.2 Å². The maximum atomic E-state index is 13.1. The highest BCUT2D eigenvalue weighted by Crippen LogP contribution is 2.34. The second kappa shape index (κ2) is 8.03. The van der Waals surface area contributed by atoms with Gasteiger partial charge in [0.05, 0.1) is 11.8 Å². The Bertz CT molecular complexity index is 1050. The molecule has 30 heavy (non-hydrogen) atoms. The molecule has 3 N–H and O–H groups in total. The van der Waals surface area contributed by atoms with Crippen LogP contribution in [-0.4, -0.2) is 25.6 Å². The smallest absolute Gasteiger partial charge is 0.326 e. The molecule has 0 amide bonds. The summed E-state index contributed by atoms with van der Waals surface area (Å²) in [5.74, 6) is 0.981. The first kappa shape index (κ1) is 22.3. The van der Waals surface area contributed by atoms with E-state index in [2.05, 4.69) is 41.0 Å². The van der Waals surface area contributed by atoms with Crippen LogP contribution in [0.15, 0.2) is 24.4 Å². The number of aromatic nitrogens is 4. The number of nitrogens with one attached hydrogen (secondary N) is 1. The molecule has 0 saturated heterocycles. The summed E-state index contributed by atoms with van der Waals surface area (Å²) < 4.78 is 41.2. The zero-order valence-electron chi connectivity index (χ0n) is 17.2. The lowest BCUT2D eigenvalue weighted by Crippen LogP contribution is -2.23. The van der Waals surface area contributed by atoms with Crippen molar-refractivity contribution in [3.05, 3.63) is 40.8 Å². The Labute approximate surface area is 177 Å². The van der Waals surface area contributed by atoms with Crippen LogP contribution in [0.1, 0.15) is 39.1 Å². The fourth-order valence-corrected chi connectivity index (χ4v) is 3.26. The summed E-state index contributed by atoms with van der Waals surface area (Å²) in [7, 11) is 0. The number of rotatable bonds is 5. The molecular weight excluding hydrogens is 417 g/mol. The van der Waals surface area contributed by atoms with Gasteiger partial charge in [0.15, 0.2) is 5.65 Å². The van der Waals surface area contributed by atoms with E-state index in [0.29, 0.717) is 35.9 Å². The fraction of sp³-hybridized carbons (Fsp3) is 0.450. The Morgan fingerprint density at radius 3 is 2.47 bits per heavy atom. The standard InChI is InChI=1S/C20H24ClF3N6/c1-11(25)10-30-17-15(9-26-16(29-17)8-19(2,3)4)28-18(30)27-14-6-12(20(22,23)24)5-13(21)7-14/h5-7,9,11H,8,10,25H2,1-4H3,(H,27,28). The molecule has 10 heteroatoms. The first-order chi connectivity index (χ1) is 13.8. The number of nitrogens with two attached hydrogens (primary N) is 1. The summed E-state index contributed by atoms with van der Waals surface area (Å²) in [5, 5.41) is 2.90. The first-order valence-electron chi connectivity index (χ1n) is 9.44. The van der Waals surface area contributed by atoms with Crippen molar-refractivity contribution in [1.29, 1.82) is 0 Å². The second-order valence-electron chi connectivity index (χ2n) is 8.61. The van der Waals surface area contributed by atoms with Crippen molar-refractivity contribution in [3.63, 3.8) is 0 Å². The third-order valence-corrected chi connectivity index (χ3v) is 4.40. The van der Waals surface area contributed by atoms with Gasteiger partial charge in [-0.3, -0.25) is 4.57 Å². The maximum absolute atomic E-state index is 13.1. The Kier molecular flexibility index (Phi) is 5.97. The van der Waals surface area contributed by atoms with Crippen molar-refractivity contribution in [3.8, 4) is 0 Å². The summed E-state index contributed by atoms with van der Waals surface area (Å²) in [5.41, 5.74) is 6.40. The monoisotopic (exact) mass is 440 g/mol. The molecule has 0 aliphatic carbocycles. The van der Waals surface area contributed by atoms with Crippen LogP contribution in [0.25, 0.3) is 11.2 Å². The molecule has 0 aliphatic heterocycles. The van der Waals surface area contributed by atoms with Crippen LogP contribution in [0, 0.1) is 5.41 Å². The Morgan fingerprint density at radius 1 is 1.17 bits per heavy atom. The SMILES string of the molecule is CC(N)Cn1c(Nc2cc(Cl)cc(C(F)(F)F)c2)nc2cnc(CC(C)(C)C)nc21. The molecule has 0 fully saturated rings. The summed E-state index contributed by atoms with van der Waals surface area (Å²) in [6, 6.07) is 3.04. The van der Waals surface area contributed by atoms with E-state index >= 15 is 0 Å². The number of anilines is 2. The molecule has 2 aromatic heterocycles. The van der Waals surface area contributed by atoms with Crippen molar-refractivity contribution < 1.29 is 13.2 Å². The second-order valence-corrected chi connectivity index (χ2v) is 9.04. The van der Waals surface area contributed by atoms with E-state index < -0.39 is 11.7 Å². The van der Waals surface area contributed by atoms with Crippen LogP contribution < -0.4 is 11.1 Å². The molecule has 6 nitrogen and oxygen atoms in total. The van der Waals surface area contributed by atoms with Crippen molar-refractivity contribution in [2.45, 2.75) is 52.9 Å². The molecule has 1 atom stereocenters. The normalized spacial score (nSPS) is 13.6. The van der Waals surface area contributed by atoms with Crippen molar-refractivity contribution >= 4 is 34.4 Å². The summed E-state index contributed by atoms with van der Waals surface area (Å²) in [6.07, 6.45) is -2.23. The number of hydrogen-bond donors (Lipinski definition) is 2. The first-order valence-corrected chi connectivity index (χ1v) is 9.82. The fourth-order valence-electron chi connectivity index (χ4n) is 3.02. The minimum Gasteiger partial charge on any atom is -0.326 e.